The molecule has 1 unspecified atom stereocenters. The van der Waals surface area contributed by atoms with Crippen LogP contribution in [0.5, 0.6) is 0 Å². The Kier molecular flexibility index (Phi) is 4.08. The molecule has 2 nitrogen and oxygen atoms in total. The SMILES string of the molecule is O=S(=O)(Cl)CC(F)c1cc(F)ccc1Br. The maximum atomic E-state index is 13.4. The van der Waals surface area contributed by atoms with E-state index in [1.165, 1.54) is 6.07 Å². The standard InChI is InChI=1S/C8H6BrClF2O2S/c9-7-2-1-5(11)3-6(7)8(12)4-15(10,13)14/h1-3,8H,4H2. The fraction of sp³-hybridized carbons (Fsp3) is 0.250. The van der Waals surface area contributed by atoms with Gasteiger partial charge >= 0.3 is 0 Å². The Labute approximate surface area is 98.8 Å². The molecule has 1 atom stereocenters. The Morgan fingerprint density at radius 1 is 1.47 bits per heavy atom. The van der Waals surface area contributed by atoms with Crippen LogP contribution < -0.4 is 0 Å². The van der Waals surface area contributed by atoms with Gasteiger partial charge in [-0.25, -0.2) is 17.2 Å². The summed E-state index contributed by atoms with van der Waals surface area (Å²) < 4.78 is 47.7. The lowest BCUT2D eigenvalue weighted by molar-refractivity contribution is 0.373. The summed E-state index contributed by atoms with van der Waals surface area (Å²) in [4.78, 5) is 0. The van der Waals surface area contributed by atoms with E-state index < -0.39 is 26.8 Å². The molecule has 0 saturated carbocycles. The van der Waals surface area contributed by atoms with Gasteiger partial charge in [-0.15, -0.1) is 0 Å². The Balaban J connectivity index is 3.00. The van der Waals surface area contributed by atoms with Gasteiger partial charge in [0.15, 0.2) is 0 Å². The van der Waals surface area contributed by atoms with Crippen molar-refractivity contribution in [2.24, 2.45) is 0 Å². The van der Waals surface area contributed by atoms with E-state index in [0.29, 0.717) is 4.47 Å². The summed E-state index contributed by atoms with van der Waals surface area (Å²) in [5.74, 6) is -1.51. The second-order valence-corrected chi connectivity index (χ2v) is 6.51. The molecule has 0 aromatic heterocycles. The maximum absolute atomic E-state index is 13.4. The molecule has 1 aromatic rings. The molecule has 0 fully saturated rings. The van der Waals surface area contributed by atoms with Crippen LogP contribution in [-0.4, -0.2) is 14.2 Å². The number of benzene rings is 1. The smallest absolute Gasteiger partial charge is 0.235 e. The minimum Gasteiger partial charge on any atom is -0.241 e. The van der Waals surface area contributed by atoms with E-state index in [1.807, 2.05) is 0 Å². The summed E-state index contributed by atoms with van der Waals surface area (Å²) in [5, 5.41) is 0. The van der Waals surface area contributed by atoms with E-state index in [1.54, 1.807) is 0 Å². The lowest BCUT2D eigenvalue weighted by Crippen LogP contribution is -2.06. The number of rotatable bonds is 3. The van der Waals surface area contributed by atoms with E-state index >= 15 is 0 Å². The summed E-state index contributed by atoms with van der Waals surface area (Å²) in [6.45, 7) is 0. The predicted octanol–water partition coefficient (Wildman–Crippen LogP) is 3.17. The fourth-order valence-electron chi connectivity index (χ4n) is 1.02. The molecule has 15 heavy (non-hydrogen) atoms. The third-order valence-electron chi connectivity index (χ3n) is 1.64. The molecule has 0 heterocycles. The van der Waals surface area contributed by atoms with Gasteiger partial charge in [0.25, 0.3) is 0 Å². The van der Waals surface area contributed by atoms with Gasteiger partial charge in [0, 0.05) is 20.7 Å². The largest absolute Gasteiger partial charge is 0.241 e. The van der Waals surface area contributed by atoms with Gasteiger partial charge in [0.2, 0.25) is 9.05 Å². The van der Waals surface area contributed by atoms with Crippen molar-refractivity contribution >= 4 is 35.7 Å². The predicted molar refractivity (Wildman–Crippen MR) is 57.6 cm³/mol. The van der Waals surface area contributed by atoms with E-state index in [9.17, 15) is 17.2 Å². The second kappa shape index (κ2) is 4.76. The van der Waals surface area contributed by atoms with Gasteiger partial charge in [0.1, 0.15) is 17.7 Å². The van der Waals surface area contributed by atoms with Crippen molar-refractivity contribution in [2.75, 3.05) is 5.75 Å². The molecule has 0 aliphatic heterocycles. The minimum absolute atomic E-state index is 0.0702. The van der Waals surface area contributed by atoms with Crippen molar-refractivity contribution in [1.82, 2.24) is 0 Å². The molecule has 0 aliphatic carbocycles. The maximum Gasteiger partial charge on any atom is 0.235 e. The summed E-state index contributed by atoms with van der Waals surface area (Å²) in [6, 6.07) is 3.37. The topological polar surface area (TPSA) is 34.1 Å². The molecule has 7 heteroatoms. The highest BCUT2D eigenvalue weighted by molar-refractivity contribution is 9.10. The Bertz CT molecular complexity index is 464. The quantitative estimate of drug-likeness (QED) is 0.802. The van der Waals surface area contributed by atoms with Crippen LogP contribution in [-0.2, 0) is 9.05 Å². The zero-order valence-electron chi connectivity index (χ0n) is 7.25. The Morgan fingerprint density at radius 2 is 2.07 bits per heavy atom. The fourth-order valence-corrected chi connectivity index (χ4v) is 2.38. The van der Waals surface area contributed by atoms with Crippen LogP contribution in [0.3, 0.4) is 0 Å². The van der Waals surface area contributed by atoms with Gasteiger partial charge in [-0.05, 0) is 18.2 Å². The average Bonchev–Trinajstić information content (AvgIpc) is 2.06. The molecule has 0 N–H and O–H groups in total. The molecular weight excluding hydrogens is 314 g/mol. The highest BCUT2D eigenvalue weighted by Crippen LogP contribution is 2.28. The second-order valence-electron chi connectivity index (χ2n) is 2.84. The highest BCUT2D eigenvalue weighted by atomic mass is 79.9. The van der Waals surface area contributed by atoms with Crippen LogP contribution in [0.25, 0.3) is 0 Å². The van der Waals surface area contributed by atoms with Gasteiger partial charge in [-0.3, -0.25) is 0 Å². The van der Waals surface area contributed by atoms with Crippen molar-refractivity contribution in [3.8, 4) is 0 Å². The summed E-state index contributed by atoms with van der Waals surface area (Å²) in [7, 11) is 0.946. The van der Waals surface area contributed by atoms with E-state index in [0.717, 1.165) is 12.1 Å². The Hall–Kier alpha value is -0.200. The molecule has 0 aliphatic rings. The van der Waals surface area contributed by atoms with Gasteiger partial charge in [-0.1, -0.05) is 15.9 Å². The number of halogens is 4. The molecule has 0 bridgehead atoms. The minimum atomic E-state index is -3.95. The first kappa shape index (κ1) is 12.9. The van der Waals surface area contributed by atoms with Gasteiger partial charge < -0.3 is 0 Å². The number of hydrogen-bond donors (Lipinski definition) is 0. The lowest BCUT2D eigenvalue weighted by Gasteiger charge is -2.08. The molecule has 0 spiro atoms. The zero-order chi connectivity index (χ0) is 11.6. The van der Waals surface area contributed by atoms with E-state index in [4.69, 9.17) is 10.7 Å². The van der Waals surface area contributed by atoms with Crippen molar-refractivity contribution in [3.05, 3.63) is 34.1 Å². The molecule has 0 amide bonds. The Morgan fingerprint density at radius 3 is 2.60 bits per heavy atom. The molecular formula is C8H6BrClF2O2S. The third-order valence-corrected chi connectivity index (χ3v) is 3.43. The first-order valence-corrected chi connectivity index (χ1v) is 7.08. The third kappa shape index (κ3) is 4.04. The number of alkyl halides is 1. The van der Waals surface area contributed by atoms with Crippen LogP contribution in [0.2, 0.25) is 0 Å². The van der Waals surface area contributed by atoms with Crippen molar-refractivity contribution in [2.45, 2.75) is 6.17 Å². The normalized spacial score (nSPS) is 13.9. The van der Waals surface area contributed by atoms with Crippen molar-refractivity contribution in [1.29, 1.82) is 0 Å². The highest BCUT2D eigenvalue weighted by Gasteiger charge is 2.20. The molecule has 0 saturated heterocycles. The molecule has 1 aromatic carbocycles. The van der Waals surface area contributed by atoms with Crippen molar-refractivity contribution in [3.63, 3.8) is 0 Å². The van der Waals surface area contributed by atoms with Crippen LogP contribution in [0.1, 0.15) is 11.7 Å². The lowest BCUT2D eigenvalue weighted by atomic mass is 10.1. The average molecular weight is 320 g/mol. The van der Waals surface area contributed by atoms with Crippen LogP contribution in [0.4, 0.5) is 8.78 Å². The summed E-state index contributed by atoms with van der Waals surface area (Å²) in [6.07, 6.45) is -1.85. The van der Waals surface area contributed by atoms with Gasteiger partial charge in [-0.2, -0.15) is 0 Å². The van der Waals surface area contributed by atoms with Crippen LogP contribution >= 0.6 is 26.6 Å². The summed E-state index contributed by atoms with van der Waals surface area (Å²) >= 11 is 2.99. The molecule has 1 rings (SSSR count). The summed E-state index contributed by atoms with van der Waals surface area (Å²) in [5.41, 5.74) is -0.0702. The zero-order valence-corrected chi connectivity index (χ0v) is 10.4. The molecule has 84 valence electrons. The first-order valence-electron chi connectivity index (χ1n) is 3.81. The number of hydrogen-bond acceptors (Lipinski definition) is 2. The van der Waals surface area contributed by atoms with E-state index in [-0.39, 0.29) is 5.56 Å². The molecule has 0 radical (unpaired) electrons. The monoisotopic (exact) mass is 318 g/mol. The van der Waals surface area contributed by atoms with E-state index in [2.05, 4.69) is 15.9 Å². The van der Waals surface area contributed by atoms with Crippen LogP contribution in [0, 0.1) is 5.82 Å². The van der Waals surface area contributed by atoms with Crippen LogP contribution in [0.15, 0.2) is 22.7 Å². The van der Waals surface area contributed by atoms with Crippen molar-refractivity contribution < 1.29 is 17.2 Å². The van der Waals surface area contributed by atoms with Gasteiger partial charge in [0.05, 0.1) is 0 Å². The first-order chi connectivity index (χ1) is 6.79.